The number of hydrogen-bond acceptors (Lipinski definition) is 3. The maximum Gasteiger partial charge on any atom is 0.339 e. The number of nitrogens with zero attached hydrogens (tertiary/aromatic N) is 1. The maximum atomic E-state index is 11.5. The SMILES string of the molecule is COC(=O)c1cnc(-c2ccc3ccccc3c2)c(I)c1. The molecule has 0 aliphatic carbocycles. The topological polar surface area (TPSA) is 39.2 Å². The van der Waals surface area contributed by atoms with Gasteiger partial charge in [0.15, 0.2) is 0 Å². The normalized spacial score (nSPS) is 10.6. The molecule has 1 heterocycles. The minimum atomic E-state index is -0.370. The second-order valence-corrected chi connectivity index (χ2v) is 5.77. The summed E-state index contributed by atoms with van der Waals surface area (Å²) in [6, 6.07) is 16.2. The molecule has 0 unspecified atom stereocenters. The van der Waals surface area contributed by atoms with Crippen molar-refractivity contribution in [1.29, 1.82) is 0 Å². The van der Waals surface area contributed by atoms with Gasteiger partial charge in [-0.15, -0.1) is 0 Å². The molecule has 0 N–H and O–H groups in total. The molecule has 104 valence electrons. The van der Waals surface area contributed by atoms with Crippen LogP contribution in [0.2, 0.25) is 0 Å². The molecule has 21 heavy (non-hydrogen) atoms. The summed E-state index contributed by atoms with van der Waals surface area (Å²) in [5, 5.41) is 2.37. The van der Waals surface area contributed by atoms with E-state index in [1.54, 1.807) is 12.3 Å². The van der Waals surface area contributed by atoms with E-state index in [1.807, 2.05) is 18.2 Å². The number of aromatic nitrogens is 1. The van der Waals surface area contributed by atoms with E-state index >= 15 is 0 Å². The van der Waals surface area contributed by atoms with Crippen LogP contribution in [-0.2, 0) is 4.74 Å². The molecule has 0 bridgehead atoms. The van der Waals surface area contributed by atoms with Gasteiger partial charge in [0.2, 0.25) is 0 Å². The summed E-state index contributed by atoms with van der Waals surface area (Å²) in [5.74, 6) is -0.370. The van der Waals surface area contributed by atoms with Gasteiger partial charge in [-0.05, 0) is 45.5 Å². The van der Waals surface area contributed by atoms with E-state index in [0.717, 1.165) is 14.8 Å². The van der Waals surface area contributed by atoms with E-state index in [0.29, 0.717) is 5.56 Å². The maximum absolute atomic E-state index is 11.5. The number of fused-ring (bicyclic) bond motifs is 1. The monoisotopic (exact) mass is 389 g/mol. The third kappa shape index (κ3) is 2.76. The van der Waals surface area contributed by atoms with Crippen molar-refractivity contribution in [3.05, 3.63) is 63.9 Å². The molecule has 2 aromatic carbocycles. The van der Waals surface area contributed by atoms with Crippen LogP contribution in [0.15, 0.2) is 54.7 Å². The van der Waals surface area contributed by atoms with Crippen molar-refractivity contribution in [3.63, 3.8) is 0 Å². The predicted octanol–water partition coefficient (Wildman–Crippen LogP) is 4.29. The fraction of sp³-hybridized carbons (Fsp3) is 0.0588. The first-order valence-electron chi connectivity index (χ1n) is 6.42. The lowest BCUT2D eigenvalue weighted by molar-refractivity contribution is 0.0600. The first-order valence-corrected chi connectivity index (χ1v) is 7.50. The third-order valence-corrected chi connectivity index (χ3v) is 4.11. The number of carbonyl (C=O) groups excluding carboxylic acids is 1. The average molecular weight is 389 g/mol. The first kappa shape index (κ1) is 14.0. The largest absolute Gasteiger partial charge is 0.465 e. The van der Waals surface area contributed by atoms with E-state index in [-0.39, 0.29) is 5.97 Å². The van der Waals surface area contributed by atoms with Crippen molar-refractivity contribution in [2.75, 3.05) is 7.11 Å². The molecule has 3 rings (SSSR count). The summed E-state index contributed by atoms with van der Waals surface area (Å²) >= 11 is 2.19. The van der Waals surface area contributed by atoms with Gasteiger partial charge in [0.05, 0.1) is 18.4 Å². The first-order chi connectivity index (χ1) is 10.2. The lowest BCUT2D eigenvalue weighted by Gasteiger charge is -2.07. The molecule has 0 fully saturated rings. The van der Waals surface area contributed by atoms with Crippen LogP contribution >= 0.6 is 22.6 Å². The molecular formula is C17H12INO2. The molecule has 0 aliphatic heterocycles. The average Bonchev–Trinajstić information content (AvgIpc) is 2.53. The van der Waals surface area contributed by atoms with Crippen molar-refractivity contribution >= 4 is 39.3 Å². The number of pyridine rings is 1. The Hall–Kier alpha value is -1.95. The number of hydrogen-bond donors (Lipinski definition) is 0. The molecule has 3 aromatic rings. The molecule has 0 saturated carbocycles. The van der Waals surface area contributed by atoms with Crippen LogP contribution in [0.4, 0.5) is 0 Å². The zero-order valence-corrected chi connectivity index (χ0v) is 13.5. The van der Waals surface area contributed by atoms with Crippen LogP contribution in [0.5, 0.6) is 0 Å². The Bertz CT molecular complexity index is 830. The van der Waals surface area contributed by atoms with Gasteiger partial charge >= 0.3 is 5.97 Å². The number of rotatable bonds is 2. The molecular weight excluding hydrogens is 377 g/mol. The predicted molar refractivity (Wildman–Crippen MR) is 91.2 cm³/mol. The molecule has 0 atom stereocenters. The van der Waals surface area contributed by atoms with Gasteiger partial charge < -0.3 is 4.74 Å². The highest BCUT2D eigenvalue weighted by molar-refractivity contribution is 14.1. The number of halogens is 1. The van der Waals surface area contributed by atoms with Crippen LogP contribution in [-0.4, -0.2) is 18.1 Å². The van der Waals surface area contributed by atoms with Gasteiger partial charge in [-0.25, -0.2) is 4.79 Å². The minimum Gasteiger partial charge on any atom is -0.465 e. The van der Waals surface area contributed by atoms with Gasteiger partial charge in [-0.1, -0.05) is 36.4 Å². The lowest BCUT2D eigenvalue weighted by Crippen LogP contribution is -2.03. The molecule has 1 aromatic heterocycles. The number of ether oxygens (including phenoxy) is 1. The highest BCUT2D eigenvalue weighted by atomic mass is 127. The van der Waals surface area contributed by atoms with Gasteiger partial charge in [0, 0.05) is 15.3 Å². The number of carbonyl (C=O) groups is 1. The molecule has 0 radical (unpaired) electrons. The molecule has 0 saturated heterocycles. The van der Waals surface area contributed by atoms with Crippen LogP contribution < -0.4 is 0 Å². The quantitative estimate of drug-likeness (QED) is 0.485. The molecule has 0 amide bonds. The van der Waals surface area contributed by atoms with Gasteiger partial charge in [-0.3, -0.25) is 4.98 Å². The van der Waals surface area contributed by atoms with E-state index in [2.05, 4.69) is 51.8 Å². The summed E-state index contributed by atoms with van der Waals surface area (Å²) in [5.41, 5.74) is 2.37. The second kappa shape index (κ2) is 5.81. The van der Waals surface area contributed by atoms with E-state index in [9.17, 15) is 4.79 Å². The summed E-state index contributed by atoms with van der Waals surface area (Å²) in [6.07, 6.45) is 1.55. The molecule has 3 nitrogen and oxygen atoms in total. The van der Waals surface area contributed by atoms with Crippen LogP contribution in [0.25, 0.3) is 22.0 Å². The summed E-state index contributed by atoms with van der Waals surface area (Å²) in [6.45, 7) is 0. The number of benzene rings is 2. The highest BCUT2D eigenvalue weighted by Gasteiger charge is 2.11. The fourth-order valence-corrected chi connectivity index (χ4v) is 3.00. The Kier molecular flexibility index (Phi) is 3.88. The Morgan fingerprint density at radius 1 is 1.10 bits per heavy atom. The zero-order valence-electron chi connectivity index (χ0n) is 11.3. The third-order valence-electron chi connectivity index (χ3n) is 3.29. The number of esters is 1. The molecule has 0 aliphatic rings. The Morgan fingerprint density at radius 3 is 2.57 bits per heavy atom. The standard InChI is InChI=1S/C17H12INO2/c1-21-17(20)14-9-15(18)16(19-10-14)13-7-6-11-4-2-3-5-12(11)8-13/h2-10H,1H3. The lowest BCUT2D eigenvalue weighted by atomic mass is 10.0. The van der Waals surface area contributed by atoms with Crippen LogP contribution in [0.1, 0.15) is 10.4 Å². The second-order valence-electron chi connectivity index (χ2n) is 4.61. The van der Waals surface area contributed by atoms with E-state index in [4.69, 9.17) is 4.74 Å². The molecule has 4 heteroatoms. The minimum absolute atomic E-state index is 0.370. The van der Waals surface area contributed by atoms with Gasteiger partial charge in [0.1, 0.15) is 0 Å². The van der Waals surface area contributed by atoms with Crippen LogP contribution in [0.3, 0.4) is 0 Å². The van der Waals surface area contributed by atoms with E-state index < -0.39 is 0 Å². The zero-order chi connectivity index (χ0) is 14.8. The Balaban J connectivity index is 2.08. The van der Waals surface area contributed by atoms with Crippen molar-refractivity contribution in [2.24, 2.45) is 0 Å². The van der Waals surface area contributed by atoms with Gasteiger partial charge in [-0.2, -0.15) is 0 Å². The summed E-state index contributed by atoms with van der Waals surface area (Å²) in [7, 11) is 1.37. The van der Waals surface area contributed by atoms with E-state index in [1.165, 1.54) is 17.9 Å². The fourth-order valence-electron chi connectivity index (χ4n) is 2.22. The molecule has 0 spiro atoms. The summed E-state index contributed by atoms with van der Waals surface area (Å²) < 4.78 is 5.63. The summed E-state index contributed by atoms with van der Waals surface area (Å²) in [4.78, 5) is 15.9. The Morgan fingerprint density at radius 2 is 1.86 bits per heavy atom. The number of methoxy groups -OCH3 is 1. The highest BCUT2D eigenvalue weighted by Crippen LogP contribution is 2.27. The van der Waals surface area contributed by atoms with Crippen molar-refractivity contribution in [1.82, 2.24) is 4.98 Å². The smallest absolute Gasteiger partial charge is 0.339 e. The van der Waals surface area contributed by atoms with Crippen molar-refractivity contribution in [2.45, 2.75) is 0 Å². The van der Waals surface area contributed by atoms with Crippen molar-refractivity contribution < 1.29 is 9.53 Å². The van der Waals surface area contributed by atoms with Gasteiger partial charge in [0.25, 0.3) is 0 Å². The van der Waals surface area contributed by atoms with Crippen LogP contribution in [0, 0.1) is 3.57 Å². The van der Waals surface area contributed by atoms with Crippen molar-refractivity contribution in [3.8, 4) is 11.3 Å². The Labute approximate surface area is 136 Å².